The van der Waals surface area contributed by atoms with E-state index in [2.05, 4.69) is 10.1 Å². The zero-order chi connectivity index (χ0) is 20.4. The van der Waals surface area contributed by atoms with Crippen molar-refractivity contribution in [3.05, 3.63) is 41.5 Å². The molecule has 2 heterocycles. The van der Waals surface area contributed by atoms with E-state index in [-0.39, 0.29) is 18.6 Å². The second kappa shape index (κ2) is 8.23. The highest BCUT2D eigenvalue weighted by molar-refractivity contribution is 5.97. The number of aliphatic carboxylic acids is 1. The van der Waals surface area contributed by atoms with E-state index in [0.29, 0.717) is 41.8 Å². The van der Waals surface area contributed by atoms with Crippen LogP contribution in [0.25, 0.3) is 0 Å². The number of hydrogen-bond acceptors (Lipinski definition) is 6. The smallest absolute Gasteiger partial charge is 0.326 e. The van der Waals surface area contributed by atoms with Gasteiger partial charge in [0.15, 0.2) is 6.61 Å². The maximum absolute atomic E-state index is 13.1. The molecule has 8 nitrogen and oxygen atoms in total. The molecule has 8 heteroatoms. The first-order valence-electron chi connectivity index (χ1n) is 10.2. The highest BCUT2D eigenvalue weighted by atomic mass is 16.5. The molecule has 2 aliphatic rings. The third-order valence-electron chi connectivity index (χ3n) is 5.89. The molecule has 2 aromatic rings. The summed E-state index contributed by atoms with van der Waals surface area (Å²) >= 11 is 0. The van der Waals surface area contributed by atoms with Crippen molar-refractivity contribution in [3.63, 3.8) is 0 Å². The van der Waals surface area contributed by atoms with Crippen molar-refractivity contribution >= 4 is 11.9 Å². The quantitative estimate of drug-likeness (QED) is 0.796. The molecule has 3 atom stereocenters. The number of hydrogen-bond donors (Lipinski definition) is 1. The number of ether oxygens (including phenoxy) is 1. The van der Waals surface area contributed by atoms with Gasteiger partial charge >= 0.3 is 5.97 Å². The van der Waals surface area contributed by atoms with E-state index in [1.807, 2.05) is 6.92 Å². The van der Waals surface area contributed by atoms with Crippen molar-refractivity contribution in [3.8, 4) is 5.75 Å². The minimum absolute atomic E-state index is 0.0271. The van der Waals surface area contributed by atoms with E-state index >= 15 is 0 Å². The lowest BCUT2D eigenvalue weighted by molar-refractivity contribution is -0.141. The van der Waals surface area contributed by atoms with Crippen LogP contribution in [0.5, 0.6) is 5.75 Å². The maximum Gasteiger partial charge on any atom is 0.326 e. The molecule has 154 valence electrons. The van der Waals surface area contributed by atoms with Crippen LogP contribution in [0.3, 0.4) is 0 Å². The molecular weight excluding hydrogens is 374 g/mol. The Kier molecular flexibility index (Phi) is 5.51. The summed E-state index contributed by atoms with van der Waals surface area (Å²) < 4.78 is 10.7. The van der Waals surface area contributed by atoms with Gasteiger partial charge in [0, 0.05) is 18.0 Å². The number of carboxylic acids is 1. The molecular formula is C21H25N3O5. The average Bonchev–Trinajstić information content (AvgIpc) is 3.36. The number of aromatic nitrogens is 2. The van der Waals surface area contributed by atoms with Gasteiger partial charge in [-0.05, 0) is 49.4 Å². The van der Waals surface area contributed by atoms with Crippen LogP contribution in [0.4, 0.5) is 0 Å². The first-order valence-corrected chi connectivity index (χ1v) is 10.2. The largest absolute Gasteiger partial charge is 0.485 e. The van der Waals surface area contributed by atoms with Crippen LogP contribution in [0.15, 0.2) is 28.8 Å². The molecule has 1 N–H and O–H groups in total. The number of carboxylic acid groups (broad SMARTS) is 1. The van der Waals surface area contributed by atoms with E-state index in [0.717, 1.165) is 25.7 Å². The number of likely N-dealkylation sites (tertiary alicyclic amines) is 1. The Labute approximate surface area is 168 Å². The average molecular weight is 399 g/mol. The van der Waals surface area contributed by atoms with Gasteiger partial charge in [0.25, 0.3) is 5.91 Å². The molecule has 1 amide bonds. The van der Waals surface area contributed by atoms with Gasteiger partial charge < -0.3 is 19.3 Å². The van der Waals surface area contributed by atoms with Crippen molar-refractivity contribution in [1.29, 1.82) is 0 Å². The lowest BCUT2D eigenvalue weighted by Gasteiger charge is -2.33. The van der Waals surface area contributed by atoms with Crippen LogP contribution in [-0.2, 0) is 17.8 Å². The number of benzene rings is 1. The predicted octanol–water partition coefficient (Wildman–Crippen LogP) is 3.07. The molecule has 0 radical (unpaired) electrons. The first-order chi connectivity index (χ1) is 14.1. The Morgan fingerprint density at radius 3 is 2.69 bits per heavy atom. The summed E-state index contributed by atoms with van der Waals surface area (Å²) in [4.78, 5) is 30.7. The van der Waals surface area contributed by atoms with Gasteiger partial charge in [0.2, 0.25) is 11.7 Å². The number of nitrogens with zero attached hydrogens (tertiary/aromatic N) is 3. The van der Waals surface area contributed by atoms with Crippen LogP contribution in [0.2, 0.25) is 0 Å². The Morgan fingerprint density at radius 1 is 1.24 bits per heavy atom. The van der Waals surface area contributed by atoms with Crippen LogP contribution < -0.4 is 4.74 Å². The zero-order valence-electron chi connectivity index (χ0n) is 16.4. The van der Waals surface area contributed by atoms with Gasteiger partial charge in [-0.2, -0.15) is 4.98 Å². The lowest BCUT2D eigenvalue weighted by atomic mass is 9.84. The number of aryl methyl sites for hydroxylation is 1. The number of fused-ring (bicyclic) bond motifs is 1. The second-order valence-electron chi connectivity index (χ2n) is 7.68. The summed E-state index contributed by atoms with van der Waals surface area (Å²) in [6, 6.07) is 6.06. The molecule has 1 aromatic heterocycles. The van der Waals surface area contributed by atoms with Crippen LogP contribution in [0, 0.1) is 5.92 Å². The molecule has 1 saturated heterocycles. The van der Waals surface area contributed by atoms with Crippen molar-refractivity contribution in [2.24, 2.45) is 5.92 Å². The van der Waals surface area contributed by atoms with Gasteiger partial charge in [0.1, 0.15) is 11.8 Å². The predicted molar refractivity (Wildman–Crippen MR) is 102 cm³/mol. The van der Waals surface area contributed by atoms with E-state index in [1.54, 1.807) is 29.2 Å². The van der Waals surface area contributed by atoms with Crippen LogP contribution in [-0.4, -0.2) is 44.1 Å². The van der Waals surface area contributed by atoms with Crippen molar-refractivity contribution in [1.82, 2.24) is 15.0 Å². The second-order valence-corrected chi connectivity index (χ2v) is 7.68. The molecule has 1 aliphatic heterocycles. The van der Waals surface area contributed by atoms with Gasteiger partial charge in [-0.25, -0.2) is 4.79 Å². The summed E-state index contributed by atoms with van der Waals surface area (Å²) in [6.07, 6.45) is 5.26. The number of carbonyl (C=O) groups excluding carboxylic acids is 1. The van der Waals surface area contributed by atoms with Gasteiger partial charge in [-0.15, -0.1) is 0 Å². The molecule has 0 bridgehead atoms. The highest BCUT2D eigenvalue weighted by Gasteiger charge is 2.47. The van der Waals surface area contributed by atoms with E-state index in [1.165, 1.54) is 0 Å². The fourth-order valence-corrected chi connectivity index (χ4v) is 4.46. The summed E-state index contributed by atoms with van der Waals surface area (Å²) in [5, 5.41) is 13.5. The van der Waals surface area contributed by atoms with Crippen molar-refractivity contribution in [2.75, 3.05) is 0 Å². The summed E-state index contributed by atoms with van der Waals surface area (Å²) in [7, 11) is 0. The van der Waals surface area contributed by atoms with Gasteiger partial charge in [0.05, 0.1) is 0 Å². The monoisotopic (exact) mass is 399 g/mol. The highest BCUT2D eigenvalue weighted by Crippen LogP contribution is 2.40. The minimum Gasteiger partial charge on any atom is -0.485 e. The van der Waals surface area contributed by atoms with E-state index in [4.69, 9.17) is 9.26 Å². The van der Waals surface area contributed by atoms with E-state index in [9.17, 15) is 14.7 Å². The zero-order valence-corrected chi connectivity index (χ0v) is 16.4. The Balaban J connectivity index is 1.44. The molecule has 1 aliphatic carbocycles. The van der Waals surface area contributed by atoms with Crippen LogP contribution in [0.1, 0.15) is 61.1 Å². The molecule has 2 fully saturated rings. The Hall–Kier alpha value is -2.90. The summed E-state index contributed by atoms with van der Waals surface area (Å²) in [5.74, 6) is 0.759. The maximum atomic E-state index is 13.1. The Bertz CT molecular complexity index is 879. The standard InChI is InChI=1S/C21H25N3O5/c1-2-19-22-18(23-29-19)12-28-15-9-7-13(8-10-15)20(25)24-16-6-4-3-5-14(16)11-17(24)21(26)27/h7-10,14,16-17H,2-6,11-12H2,1H3,(H,26,27)/t14-,16-,17+/m1/s1. The van der Waals surface area contributed by atoms with Gasteiger partial charge in [-0.1, -0.05) is 24.9 Å². The molecule has 0 unspecified atom stereocenters. The van der Waals surface area contributed by atoms with Crippen molar-refractivity contribution in [2.45, 2.75) is 64.1 Å². The molecule has 29 heavy (non-hydrogen) atoms. The normalized spacial score (nSPS) is 23.6. The topological polar surface area (TPSA) is 106 Å². The Morgan fingerprint density at radius 2 is 2.00 bits per heavy atom. The number of carbonyl (C=O) groups is 2. The molecule has 4 rings (SSSR count). The molecule has 0 spiro atoms. The molecule has 1 aromatic carbocycles. The number of amides is 1. The lowest BCUT2D eigenvalue weighted by Crippen LogP contribution is -2.46. The number of rotatable bonds is 6. The summed E-state index contributed by atoms with van der Waals surface area (Å²) in [5.41, 5.74) is 0.475. The van der Waals surface area contributed by atoms with E-state index < -0.39 is 12.0 Å². The van der Waals surface area contributed by atoms with Gasteiger partial charge in [-0.3, -0.25) is 4.79 Å². The fourth-order valence-electron chi connectivity index (χ4n) is 4.46. The minimum atomic E-state index is -0.917. The first kappa shape index (κ1) is 19.4. The van der Waals surface area contributed by atoms with Crippen molar-refractivity contribution < 1.29 is 24.0 Å². The SMILES string of the molecule is CCc1nc(COc2ccc(C(=O)N3[C@@H]4CCCC[C@@H]4C[C@H]3C(=O)O)cc2)no1. The third kappa shape index (κ3) is 3.97. The third-order valence-corrected chi connectivity index (χ3v) is 5.89. The fraction of sp³-hybridized carbons (Fsp3) is 0.524. The summed E-state index contributed by atoms with van der Waals surface area (Å²) in [6.45, 7) is 2.10. The molecule has 1 saturated carbocycles. The van der Waals surface area contributed by atoms with Crippen LogP contribution >= 0.6 is 0 Å².